The van der Waals surface area contributed by atoms with Crippen molar-refractivity contribution in [1.29, 1.82) is 0 Å². The SMILES string of the molecule is CNCCCCCCC(=O)OC.COC(=O)CCCCCCN(C)C(=O)c1cnc(Nc2c(C)cccc2C)nc1.Cc1cccc(C)c1Nc1ncc(C(=O)O)cn1. The van der Waals surface area contributed by atoms with Crippen molar-refractivity contribution < 1.29 is 33.8 Å². The lowest BCUT2D eigenvalue weighted by Gasteiger charge is -2.17. The average Bonchev–Trinajstić information content (AvgIpc) is 3.23. The Balaban J connectivity index is 0.000000339. The zero-order chi connectivity index (χ0) is 43.6. The number of aromatic carboxylic acids is 1. The highest BCUT2D eigenvalue weighted by Gasteiger charge is 2.14. The van der Waals surface area contributed by atoms with Crippen LogP contribution in [0.1, 0.15) is 107 Å². The summed E-state index contributed by atoms with van der Waals surface area (Å²) in [5.41, 5.74) is 6.85. The fraction of sp³-hybridized carbons (Fsp3) is 0.455. The molecule has 4 N–H and O–H groups in total. The summed E-state index contributed by atoms with van der Waals surface area (Å²) in [7, 11) is 6.57. The predicted molar refractivity (Wildman–Crippen MR) is 231 cm³/mol. The number of carbonyl (C=O) groups excluding carboxylic acids is 3. The van der Waals surface area contributed by atoms with Gasteiger partial charge in [-0.25, -0.2) is 24.7 Å². The van der Waals surface area contributed by atoms with Gasteiger partial charge in [0.05, 0.1) is 25.3 Å². The van der Waals surface area contributed by atoms with Gasteiger partial charge in [0, 0.05) is 62.6 Å². The van der Waals surface area contributed by atoms with Crippen molar-refractivity contribution in [3.63, 3.8) is 0 Å². The van der Waals surface area contributed by atoms with Crippen LogP contribution in [0.2, 0.25) is 0 Å². The number of hydrogen-bond acceptors (Lipinski definition) is 13. The maximum absolute atomic E-state index is 12.5. The zero-order valence-corrected chi connectivity index (χ0v) is 35.9. The Morgan fingerprint density at radius 3 is 1.39 bits per heavy atom. The number of carbonyl (C=O) groups is 4. The fourth-order valence-corrected chi connectivity index (χ4v) is 5.68. The van der Waals surface area contributed by atoms with Gasteiger partial charge in [0.25, 0.3) is 5.91 Å². The molecule has 0 atom stereocenters. The van der Waals surface area contributed by atoms with E-state index in [0.717, 1.165) is 78.7 Å². The number of amides is 1. The number of carboxylic acids is 1. The number of anilines is 4. The first-order valence-corrected chi connectivity index (χ1v) is 19.9. The third-order valence-corrected chi connectivity index (χ3v) is 9.22. The molecule has 0 saturated heterocycles. The molecule has 15 nitrogen and oxygen atoms in total. The number of carboxylic acid groups (broad SMARTS) is 1. The lowest BCUT2D eigenvalue weighted by atomic mass is 10.1. The number of rotatable bonds is 20. The molecule has 0 unspecified atom stereocenters. The molecule has 59 heavy (non-hydrogen) atoms. The molecule has 0 bridgehead atoms. The minimum Gasteiger partial charge on any atom is -0.478 e. The van der Waals surface area contributed by atoms with E-state index in [2.05, 4.69) is 45.4 Å². The summed E-state index contributed by atoms with van der Waals surface area (Å²) in [6, 6.07) is 12.0. The van der Waals surface area contributed by atoms with Crippen molar-refractivity contribution in [1.82, 2.24) is 30.2 Å². The van der Waals surface area contributed by atoms with Crippen LogP contribution in [0.15, 0.2) is 61.2 Å². The van der Waals surface area contributed by atoms with E-state index in [-0.39, 0.29) is 23.4 Å². The van der Waals surface area contributed by atoms with E-state index in [9.17, 15) is 19.2 Å². The highest BCUT2D eigenvalue weighted by atomic mass is 16.5. The maximum Gasteiger partial charge on any atom is 0.338 e. The molecule has 2 aromatic heterocycles. The topological polar surface area (TPSA) is 198 Å². The number of ether oxygens (including phenoxy) is 2. The molecule has 4 aromatic rings. The van der Waals surface area contributed by atoms with Gasteiger partial charge in [-0.2, -0.15) is 0 Å². The van der Waals surface area contributed by atoms with Crippen molar-refractivity contribution in [2.24, 2.45) is 0 Å². The van der Waals surface area contributed by atoms with Crippen LogP contribution >= 0.6 is 0 Å². The van der Waals surface area contributed by atoms with Crippen LogP contribution in [0.3, 0.4) is 0 Å². The number of nitrogens with zero attached hydrogens (tertiary/aromatic N) is 5. The molecule has 0 aliphatic heterocycles. The minimum absolute atomic E-state index is 0.0713. The molecule has 0 aliphatic rings. The number of hydrogen-bond donors (Lipinski definition) is 4. The summed E-state index contributed by atoms with van der Waals surface area (Å²) in [5.74, 6) is -0.548. The molecule has 1 amide bonds. The van der Waals surface area contributed by atoms with Crippen molar-refractivity contribution in [3.05, 3.63) is 94.6 Å². The number of para-hydroxylation sites is 2. The van der Waals surface area contributed by atoms with Gasteiger partial charge in [0.2, 0.25) is 11.9 Å². The van der Waals surface area contributed by atoms with Gasteiger partial charge < -0.3 is 35.4 Å². The van der Waals surface area contributed by atoms with Crippen LogP contribution in [0.5, 0.6) is 0 Å². The van der Waals surface area contributed by atoms with Crippen LogP contribution in [0.4, 0.5) is 23.3 Å². The van der Waals surface area contributed by atoms with E-state index in [1.807, 2.05) is 71.1 Å². The van der Waals surface area contributed by atoms with Crippen LogP contribution in [0.25, 0.3) is 0 Å². The van der Waals surface area contributed by atoms with Crippen molar-refractivity contribution in [3.8, 4) is 0 Å². The van der Waals surface area contributed by atoms with Gasteiger partial charge in [-0.15, -0.1) is 0 Å². The van der Waals surface area contributed by atoms with Gasteiger partial charge in [0.1, 0.15) is 0 Å². The van der Waals surface area contributed by atoms with E-state index >= 15 is 0 Å². The summed E-state index contributed by atoms with van der Waals surface area (Å²) in [6.45, 7) is 9.74. The molecule has 0 spiro atoms. The average molecular weight is 815 g/mol. The van der Waals surface area contributed by atoms with Crippen molar-refractivity contribution in [2.45, 2.75) is 91.9 Å². The van der Waals surface area contributed by atoms with Crippen molar-refractivity contribution in [2.75, 3.05) is 52.0 Å². The van der Waals surface area contributed by atoms with Crippen LogP contribution in [-0.4, -0.2) is 95.2 Å². The van der Waals surface area contributed by atoms with E-state index in [1.54, 1.807) is 24.3 Å². The third-order valence-electron chi connectivity index (χ3n) is 9.22. The summed E-state index contributed by atoms with van der Waals surface area (Å²) in [5, 5.41) is 18.2. The standard InChI is InChI=1S/C22H30N4O3.C13H13N3O2.C9H19NO2/c1-16-10-9-11-17(2)20(16)25-22-23-14-18(15-24-22)21(28)26(3)13-8-6-5-7-12-19(27)29-4;1-8-4-3-5-9(2)11(8)16-13-14-6-10(7-15-13)12(17)18;1-10-8-6-4-3-5-7-9(11)12-2/h9-11,14-15H,5-8,12-13H2,1-4H3,(H,23,24,25);3-7H,1-2H3,(H,17,18)(H,14,15,16);10H,3-8H2,1-2H3. The Hall–Kier alpha value is -5.96. The normalized spacial score (nSPS) is 10.2. The second-order valence-electron chi connectivity index (χ2n) is 14.0. The Morgan fingerprint density at radius 1 is 0.610 bits per heavy atom. The summed E-state index contributed by atoms with van der Waals surface area (Å²) in [6.07, 6.45) is 14.8. The monoisotopic (exact) mass is 814 g/mol. The predicted octanol–water partition coefficient (Wildman–Crippen LogP) is 7.90. The number of unbranched alkanes of at least 4 members (excludes halogenated alkanes) is 6. The number of aryl methyl sites for hydroxylation is 4. The fourth-order valence-electron chi connectivity index (χ4n) is 5.68. The quantitative estimate of drug-likeness (QED) is 0.0496. The molecular formula is C44H62N8O7. The lowest BCUT2D eigenvalue weighted by molar-refractivity contribution is -0.141. The highest BCUT2D eigenvalue weighted by Crippen LogP contribution is 2.23. The van der Waals surface area contributed by atoms with E-state index in [1.165, 1.54) is 39.5 Å². The van der Waals surface area contributed by atoms with E-state index in [0.29, 0.717) is 36.8 Å². The molecule has 15 heteroatoms. The summed E-state index contributed by atoms with van der Waals surface area (Å²) < 4.78 is 9.15. The Labute approximate surface area is 348 Å². The van der Waals surface area contributed by atoms with Gasteiger partial charge >= 0.3 is 17.9 Å². The number of benzene rings is 2. The lowest BCUT2D eigenvalue weighted by Crippen LogP contribution is -2.28. The zero-order valence-electron chi connectivity index (χ0n) is 35.9. The molecule has 0 fully saturated rings. The second kappa shape index (κ2) is 27.6. The third kappa shape index (κ3) is 18.9. The summed E-state index contributed by atoms with van der Waals surface area (Å²) >= 11 is 0. The first kappa shape index (κ1) is 49.2. The van der Waals surface area contributed by atoms with Crippen molar-refractivity contribution >= 4 is 47.1 Å². The number of methoxy groups -OCH3 is 2. The largest absolute Gasteiger partial charge is 0.478 e. The number of nitrogens with one attached hydrogen (secondary N) is 3. The first-order chi connectivity index (χ1) is 28.3. The van der Waals surface area contributed by atoms with Gasteiger partial charge in [-0.05, 0) is 89.2 Å². The number of esters is 2. The molecule has 320 valence electrons. The first-order valence-electron chi connectivity index (χ1n) is 19.9. The van der Waals surface area contributed by atoms with E-state index < -0.39 is 5.97 Å². The molecular weight excluding hydrogens is 753 g/mol. The minimum atomic E-state index is -1.03. The van der Waals surface area contributed by atoms with Crippen LogP contribution in [0, 0.1) is 27.7 Å². The highest BCUT2D eigenvalue weighted by molar-refractivity contribution is 5.93. The van der Waals surface area contributed by atoms with Gasteiger partial charge in [-0.3, -0.25) is 14.4 Å². The smallest absolute Gasteiger partial charge is 0.338 e. The Kier molecular flexibility index (Phi) is 23.0. The Bertz CT molecular complexity index is 1850. The van der Waals surface area contributed by atoms with E-state index in [4.69, 9.17) is 5.11 Å². The maximum atomic E-state index is 12.5. The molecule has 2 heterocycles. The number of aromatic nitrogens is 4. The molecule has 2 aromatic carbocycles. The van der Waals surface area contributed by atoms with Gasteiger partial charge in [-0.1, -0.05) is 62.1 Å². The van der Waals surface area contributed by atoms with Crippen LogP contribution in [-0.2, 0) is 19.1 Å². The second-order valence-corrected chi connectivity index (χ2v) is 14.0. The Morgan fingerprint density at radius 2 is 1.00 bits per heavy atom. The molecule has 0 aliphatic carbocycles. The van der Waals surface area contributed by atoms with Crippen LogP contribution < -0.4 is 16.0 Å². The molecule has 0 radical (unpaired) electrons. The molecule has 4 rings (SSSR count). The van der Waals surface area contributed by atoms with Gasteiger partial charge in [0.15, 0.2) is 0 Å². The summed E-state index contributed by atoms with van der Waals surface area (Å²) in [4.78, 5) is 63.2. The molecule has 0 saturated carbocycles.